The summed E-state index contributed by atoms with van der Waals surface area (Å²) in [5.74, 6) is -0.0742. The van der Waals surface area contributed by atoms with Crippen LogP contribution in [0.1, 0.15) is 5.56 Å². The zero-order valence-electron chi connectivity index (χ0n) is 6.72. The number of hydrogen-bond acceptors (Lipinski definition) is 3. The summed E-state index contributed by atoms with van der Waals surface area (Å²) >= 11 is 0. The number of anilines is 1. The fraction of sp³-hybridized carbons (Fsp3) is 0.286. The molecule has 3 nitrogen and oxygen atoms in total. The molecule has 13 heavy (non-hydrogen) atoms. The molecule has 0 spiro atoms. The molecule has 0 aliphatic rings. The van der Waals surface area contributed by atoms with Crippen molar-refractivity contribution in [1.82, 2.24) is 4.98 Å². The van der Waals surface area contributed by atoms with Gasteiger partial charge >= 0.3 is 6.18 Å². The molecule has 0 saturated heterocycles. The lowest BCUT2D eigenvalue weighted by atomic mass is 10.2. The standard InChI is InChI=1S/C7H7F3N2O/c1-13-5-3-12-2-4(6(5)11)7(8,9)10/h2-3H,1H3,(H2,11,12). The molecule has 72 valence electrons. The molecule has 1 heterocycles. The fourth-order valence-corrected chi connectivity index (χ4v) is 0.840. The van der Waals surface area contributed by atoms with Gasteiger partial charge in [-0.25, -0.2) is 0 Å². The number of pyridine rings is 1. The smallest absolute Gasteiger partial charge is 0.420 e. The molecule has 6 heteroatoms. The van der Waals surface area contributed by atoms with Crippen LogP contribution in [0.5, 0.6) is 5.75 Å². The maximum absolute atomic E-state index is 12.2. The van der Waals surface area contributed by atoms with Gasteiger partial charge in [-0.2, -0.15) is 13.2 Å². The lowest BCUT2D eigenvalue weighted by Crippen LogP contribution is -2.10. The first-order valence-corrected chi connectivity index (χ1v) is 3.31. The molecule has 2 N–H and O–H groups in total. The summed E-state index contributed by atoms with van der Waals surface area (Å²) in [5, 5.41) is 0. The third kappa shape index (κ3) is 1.82. The van der Waals surface area contributed by atoms with Crippen molar-refractivity contribution in [2.45, 2.75) is 6.18 Å². The van der Waals surface area contributed by atoms with E-state index >= 15 is 0 Å². The number of rotatable bonds is 1. The van der Waals surface area contributed by atoms with E-state index in [-0.39, 0.29) is 5.75 Å². The van der Waals surface area contributed by atoms with E-state index in [4.69, 9.17) is 5.73 Å². The van der Waals surface area contributed by atoms with Crippen molar-refractivity contribution in [3.8, 4) is 5.75 Å². The number of nitrogens with two attached hydrogens (primary N) is 1. The van der Waals surface area contributed by atoms with Crippen molar-refractivity contribution >= 4 is 5.69 Å². The molecule has 1 aromatic rings. The Morgan fingerprint density at radius 3 is 2.46 bits per heavy atom. The van der Waals surface area contributed by atoms with Crippen LogP contribution in [-0.2, 0) is 6.18 Å². The first-order valence-electron chi connectivity index (χ1n) is 3.31. The first kappa shape index (κ1) is 9.63. The van der Waals surface area contributed by atoms with Crippen LogP contribution in [0, 0.1) is 0 Å². The molecule has 1 aromatic heterocycles. The molecule has 0 radical (unpaired) electrons. The summed E-state index contributed by atoms with van der Waals surface area (Å²) in [6.07, 6.45) is -2.70. The Labute approximate surface area is 72.3 Å². The Hall–Kier alpha value is -1.46. The highest BCUT2D eigenvalue weighted by Crippen LogP contribution is 2.36. The van der Waals surface area contributed by atoms with Crippen LogP contribution in [0.25, 0.3) is 0 Å². The molecule has 0 bridgehead atoms. The predicted octanol–water partition coefficient (Wildman–Crippen LogP) is 1.69. The highest BCUT2D eigenvalue weighted by atomic mass is 19.4. The molecule has 0 aliphatic heterocycles. The van der Waals surface area contributed by atoms with Gasteiger partial charge in [-0.05, 0) is 0 Å². The maximum atomic E-state index is 12.2. The van der Waals surface area contributed by atoms with Crippen molar-refractivity contribution in [3.63, 3.8) is 0 Å². The number of methoxy groups -OCH3 is 1. The number of nitrogens with zero attached hydrogens (tertiary/aromatic N) is 1. The molecule has 0 unspecified atom stereocenters. The van der Waals surface area contributed by atoms with E-state index in [0.29, 0.717) is 6.20 Å². The summed E-state index contributed by atoms with van der Waals surface area (Å²) in [6.45, 7) is 0. The molecule has 0 aliphatic carbocycles. The second-order valence-corrected chi connectivity index (χ2v) is 2.30. The van der Waals surface area contributed by atoms with E-state index in [1.165, 1.54) is 7.11 Å². The monoisotopic (exact) mass is 192 g/mol. The van der Waals surface area contributed by atoms with Gasteiger partial charge in [0.15, 0.2) is 5.75 Å². The van der Waals surface area contributed by atoms with E-state index in [1.807, 2.05) is 0 Å². The lowest BCUT2D eigenvalue weighted by Gasteiger charge is -2.11. The minimum absolute atomic E-state index is 0.0742. The second-order valence-electron chi connectivity index (χ2n) is 2.30. The van der Waals surface area contributed by atoms with Crippen molar-refractivity contribution in [2.75, 3.05) is 12.8 Å². The largest absolute Gasteiger partial charge is 0.493 e. The van der Waals surface area contributed by atoms with Crippen molar-refractivity contribution in [2.24, 2.45) is 0 Å². The summed E-state index contributed by atoms with van der Waals surface area (Å²) in [5.41, 5.74) is 3.78. The van der Waals surface area contributed by atoms with E-state index < -0.39 is 17.4 Å². The van der Waals surface area contributed by atoms with Gasteiger partial charge in [0.2, 0.25) is 0 Å². The summed E-state index contributed by atoms with van der Waals surface area (Å²) in [6, 6.07) is 0. The van der Waals surface area contributed by atoms with Crippen molar-refractivity contribution < 1.29 is 17.9 Å². The van der Waals surface area contributed by atoms with Crippen LogP contribution in [0.4, 0.5) is 18.9 Å². The average Bonchev–Trinajstić information content (AvgIpc) is 2.02. The Morgan fingerprint density at radius 1 is 1.38 bits per heavy atom. The molecule has 0 fully saturated rings. The van der Waals surface area contributed by atoms with Crippen LogP contribution in [0.2, 0.25) is 0 Å². The van der Waals surface area contributed by atoms with Gasteiger partial charge in [0.25, 0.3) is 0 Å². The number of alkyl halides is 3. The van der Waals surface area contributed by atoms with E-state index in [1.54, 1.807) is 0 Å². The summed E-state index contributed by atoms with van der Waals surface area (Å²) in [4.78, 5) is 3.36. The van der Waals surface area contributed by atoms with Crippen LogP contribution < -0.4 is 10.5 Å². The van der Waals surface area contributed by atoms with Gasteiger partial charge in [-0.3, -0.25) is 4.98 Å². The zero-order valence-corrected chi connectivity index (χ0v) is 6.72. The Morgan fingerprint density at radius 2 is 2.00 bits per heavy atom. The molecule has 1 rings (SSSR count). The third-order valence-electron chi connectivity index (χ3n) is 1.48. The number of halogens is 3. The van der Waals surface area contributed by atoms with Crippen molar-refractivity contribution in [3.05, 3.63) is 18.0 Å². The quantitative estimate of drug-likeness (QED) is 0.736. The highest BCUT2D eigenvalue weighted by molar-refractivity contribution is 5.57. The van der Waals surface area contributed by atoms with Gasteiger partial charge in [0, 0.05) is 6.20 Å². The average molecular weight is 192 g/mol. The van der Waals surface area contributed by atoms with Gasteiger partial charge < -0.3 is 10.5 Å². The second kappa shape index (κ2) is 3.12. The third-order valence-corrected chi connectivity index (χ3v) is 1.48. The predicted molar refractivity (Wildman–Crippen MR) is 40.2 cm³/mol. The number of ether oxygens (including phenoxy) is 1. The number of aromatic nitrogens is 1. The molecule has 0 atom stereocenters. The van der Waals surface area contributed by atoms with Crippen molar-refractivity contribution in [1.29, 1.82) is 0 Å². The normalized spacial score (nSPS) is 11.4. The minimum atomic E-state index is -4.49. The minimum Gasteiger partial charge on any atom is -0.493 e. The Kier molecular flexibility index (Phi) is 2.31. The lowest BCUT2D eigenvalue weighted by molar-refractivity contribution is -0.137. The topological polar surface area (TPSA) is 48.1 Å². The number of nitrogen functional groups attached to an aromatic ring is 1. The number of hydrogen-bond donors (Lipinski definition) is 1. The van der Waals surface area contributed by atoms with Crippen LogP contribution in [0.15, 0.2) is 12.4 Å². The van der Waals surface area contributed by atoms with E-state index in [9.17, 15) is 13.2 Å². The fourth-order valence-electron chi connectivity index (χ4n) is 0.840. The Balaban J connectivity index is 3.24. The highest BCUT2D eigenvalue weighted by Gasteiger charge is 2.34. The summed E-state index contributed by atoms with van der Waals surface area (Å²) < 4.78 is 41.2. The van der Waals surface area contributed by atoms with Gasteiger partial charge in [-0.15, -0.1) is 0 Å². The Bertz CT molecular complexity index is 311. The molecular weight excluding hydrogens is 185 g/mol. The molecule has 0 saturated carbocycles. The SMILES string of the molecule is COc1cncc(C(F)(F)F)c1N. The summed E-state index contributed by atoms with van der Waals surface area (Å²) in [7, 11) is 1.23. The zero-order chi connectivity index (χ0) is 10.1. The molecular formula is C7H7F3N2O. The van der Waals surface area contributed by atoms with Crippen LogP contribution >= 0.6 is 0 Å². The van der Waals surface area contributed by atoms with Crippen LogP contribution in [-0.4, -0.2) is 12.1 Å². The van der Waals surface area contributed by atoms with Gasteiger partial charge in [0.1, 0.15) is 5.56 Å². The van der Waals surface area contributed by atoms with E-state index in [0.717, 1.165) is 6.20 Å². The van der Waals surface area contributed by atoms with Crippen LogP contribution in [0.3, 0.4) is 0 Å². The molecule has 0 aromatic carbocycles. The molecule has 0 amide bonds. The van der Waals surface area contributed by atoms with Gasteiger partial charge in [-0.1, -0.05) is 0 Å². The maximum Gasteiger partial charge on any atom is 0.420 e. The van der Waals surface area contributed by atoms with E-state index in [2.05, 4.69) is 9.72 Å². The first-order chi connectivity index (χ1) is 5.96. The van der Waals surface area contributed by atoms with Gasteiger partial charge in [0.05, 0.1) is 19.0 Å².